The lowest BCUT2D eigenvalue weighted by Gasteiger charge is -2.30. The van der Waals surface area contributed by atoms with Gasteiger partial charge in [-0.3, -0.25) is 14.5 Å². The second-order valence-corrected chi connectivity index (χ2v) is 5.31. The highest BCUT2D eigenvalue weighted by atomic mass is 16.2. The van der Waals surface area contributed by atoms with Gasteiger partial charge in [0.15, 0.2) is 0 Å². The van der Waals surface area contributed by atoms with E-state index >= 15 is 0 Å². The molecule has 0 radical (unpaired) electrons. The van der Waals surface area contributed by atoms with Crippen molar-refractivity contribution in [3.05, 3.63) is 0 Å². The van der Waals surface area contributed by atoms with Gasteiger partial charge >= 0.3 is 6.03 Å². The fraction of sp³-hybridized carbons (Fsp3) is 0.769. The molecule has 2 N–H and O–H groups in total. The molecular weight excluding hydrogens is 246 g/mol. The molecule has 1 spiro atoms. The van der Waals surface area contributed by atoms with Crippen LogP contribution in [0.4, 0.5) is 4.79 Å². The number of carbonyl (C=O) groups is 3. The fourth-order valence-corrected chi connectivity index (χ4v) is 2.78. The Balaban J connectivity index is 2.00. The van der Waals surface area contributed by atoms with Crippen LogP contribution in [0.2, 0.25) is 0 Å². The summed E-state index contributed by atoms with van der Waals surface area (Å²) in [5.74, 6) is -0.512. The number of amides is 4. The van der Waals surface area contributed by atoms with Crippen molar-refractivity contribution in [2.24, 2.45) is 0 Å². The molecule has 1 saturated heterocycles. The van der Waals surface area contributed by atoms with Gasteiger partial charge in [-0.15, -0.1) is 0 Å². The molecule has 0 aromatic heterocycles. The zero-order chi connectivity index (χ0) is 13.9. The van der Waals surface area contributed by atoms with E-state index in [4.69, 9.17) is 0 Å². The van der Waals surface area contributed by atoms with Gasteiger partial charge in [0.05, 0.1) is 0 Å². The molecular formula is C13H21N3O3. The van der Waals surface area contributed by atoms with E-state index in [1.54, 1.807) is 0 Å². The van der Waals surface area contributed by atoms with E-state index in [1.807, 2.05) is 6.92 Å². The highest BCUT2D eigenvalue weighted by Gasteiger charge is 2.51. The number of nitrogens with zero attached hydrogens (tertiary/aromatic N) is 1. The van der Waals surface area contributed by atoms with Gasteiger partial charge in [0, 0.05) is 6.54 Å². The lowest BCUT2D eigenvalue weighted by molar-refractivity contribution is -0.135. The van der Waals surface area contributed by atoms with Crippen molar-refractivity contribution in [1.82, 2.24) is 15.5 Å². The number of imide groups is 1. The van der Waals surface area contributed by atoms with E-state index in [0.717, 1.165) is 30.6 Å². The maximum Gasteiger partial charge on any atom is 0.325 e. The van der Waals surface area contributed by atoms with Crippen molar-refractivity contribution in [2.75, 3.05) is 13.1 Å². The van der Waals surface area contributed by atoms with Gasteiger partial charge in [-0.25, -0.2) is 4.79 Å². The predicted molar refractivity (Wildman–Crippen MR) is 69.4 cm³/mol. The predicted octanol–water partition coefficient (Wildman–Crippen LogP) is 0.767. The van der Waals surface area contributed by atoms with E-state index < -0.39 is 11.6 Å². The second-order valence-electron chi connectivity index (χ2n) is 5.31. The summed E-state index contributed by atoms with van der Waals surface area (Å²) in [4.78, 5) is 36.9. The second kappa shape index (κ2) is 5.59. The third kappa shape index (κ3) is 2.72. The Morgan fingerprint density at radius 2 is 2.00 bits per heavy atom. The molecule has 19 heavy (non-hydrogen) atoms. The summed E-state index contributed by atoms with van der Waals surface area (Å²) >= 11 is 0. The Hall–Kier alpha value is -1.59. The zero-order valence-electron chi connectivity index (χ0n) is 11.3. The molecule has 1 saturated carbocycles. The van der Waals surface area contributed by atoms with E-state index in [9.17, 15) is 14.4 Å². The summed E-state index contributed by atoms with van der Waals surface area (Å²) in [7, 11) is 0. The van der Waals surface area contributed by atoms with Crippen molar-refractivity contribution in [3.8, 4) is 0 Å². The van der Waals surface area contributed by atoms with Crippen LogP contribution in [0.25, 0.3) is 0 Å². The lowest BCUT2D eigenvalue weighted by atomic mass is 9.82. The van der Waals surface area contributed by atoms with E-state index in [1.165, 1.54) is 0 Å². The highest BCUT2D eigenvalue weighted by Crippen LogP contribution is 2.33. The first-order chi connectivity index (χ1) is 9.09. The minimum Gasteiger partial charge on any atom is -0.355 e. The molecule has 1 aliphatic heterocycles. The normalized spacial score (nSPS) is 21.6. The molecule has 0 aromatic carbocycles. The van der Waals surface area contributed by atoms with Gasteiger partial charge in [0.1, 0.15) is 12.1 Å². The summed E-state index contributed by atoms with van der Waals surface area (Å²) in [5.41, 5.74) is -0.736. The third-order valence-corrected chi connectivity index (χ3v) is 3.83. The third-order valence-electron chi connectivity index (χ3n) is 3.83. The van der Waals surface area contributed by atoms with Crippen LogP contribution in [0.15, 0.2) is 0 Å². The van der Waals surface area contributed by atoms with Crippen molar-refractivity contribution in [2.45, 2.75) is 51.0 Å². The van der Waals surface area contributed by atoms with Crippen LogP contribution in [0.1, 0.15) is 45.4 Å². The van der Waals surface area contributed by atoms with Gasteiger partial charge < -0.3 is 10.6 Å². The first kappa shape index (κ1) is 13.8. The molecule has 2 aliphatic rings. The standard InChI is InChI=1S/C13H21N3O3/c1-2-8-14-10(17)9-16-11(18)13(15-12(16)19)6-4-3-5-7-13/h2-9H2,1H3,(H,14,17)(H,15,19). The van der Waals surface area contributed by atoms with Gasteiger partial charge in [0.2, 0.25) is 5.91 Å². The molecule has 106 valence electrons. The molecule has 0 atom stereocenters. The van der Waals surface area contributed by atoms with Crippen molar-refractivity contribution >= 4 is 17.8 Å². The van der Waals surface area contributed by atoms with Crippen LogP contribution in [-0.4, -0.2) is 41.4 Å². The van der Waals surface area contributed by atoms with Crippen LogP contribution in [0, 0.1) is 0 Å². The van der Waals surface area contributed by atoms with Gasteiger partial charge in [-0.05, 0) is 19.3 Å². The first-order valence-electron chi connectivity index (χ1n) is 7.00. The zero-order valence-corrected chi connectivity index (χ0v) is 11.3. The lowest BCUT2D eigenvalue weighted by Crippen LogP contribution is -2.49. The van der Waals surface area contributed by atoms with Crippen molar-refractivity contribution in [3.63, 3.8) is 0 Å². The Bertz CT molecular complexity index is 389. The average Bonchev–Trinajstić information content (AvgIpc) is 2.62. The maximum atomic E-state index is 12.4. The minimum atomic E-state index is -0.736. The molecule has 2 fully saturated rings. The topological polar surface area (TPSA) is 78.5 Å². The van der Waals surface area contributed by atoms with Gasteiger partial charge in [-0.1, -0.05) is 26.2 Å². The SMILES string of the molecule is CCCNC(=O)CN1C(=O)NC2(CCCCC2)C1=O. The Morgan fingerprint density at radius 1 is 1.32 bits per heavy atom. The molecule has 0 aromatic rings. The van der Waals surface area contributed by atoms with Crippen LogP contribution >= 0.6 is 0 Å². The van der Waals surface area contributed by atoms with Crippen LogP contribution in [-0.2, 0) is 9.59 Å². The average molecular weight is 267 g/mol. The smallest absolute Gasteiger partial charge is 0.325 e. The molecule has 6 heteroatoms. The first-order valence-corrected chi connectivity index (χ1v) is 7.00. The monoisotopic (exact) mass is 267 g/mol. The number of hydrogen-bond donors (Lipinski definition) is 2. The maximum absolute atomic E-state index is 12.4. The summed E-state index contributed by atoms with van der Waals surface area (Å²) in [5, 5.41) is 5.47. The largest absolute Gasteiger partial charge is 0.355 e. The Morgan fingerprint density at radius 3 is 2.63 bits per heavy atom. The van der Waals surface area contributed by atoms with E-state index in [0.29, 0.717) is 19.4 Å². The molecule has 1 heterocycles. The summed E-state index contributed by atoms with van der Waals surface area (Å²) in [6.07, 6.45) is 5.19. The molecule has 6 nitrogen and oxygen atoms in total. The van der Waals surface area contributed by atoms with Crippen LogP contribution < -0.4 is 10.6 Å². The minimum absolute atomic E-state index is 0.174. The summed E-state index contributed by atoms with van der Waals surface area (Å²) in [6.45, 7) is 2.34. The summed E-state index contributed by atoms with van der Waals surface area (Å²) < 4.78 is 0. The highest BCUT2D eigenvalue weighted by molar-refractivity contribution is 6.09. The molecule has 0 bridgehead atoms. The molecule has 0 unspecified atom stereocenters. The van der Waals surface area contributed by atoms with E-state index in [-0.39, 0.29) is 18.4 Å². The Kier molecular flexibility index (Phi) is 4.07. The molecule has 4 amide bonds. The molecule has 1 aliphatic carbocycles. The number of urea groups is 1. The van der Waals surface area contributed by atoms with Crippen molar-refractivity contribution < 1.29 is 14.4 Å². The molecule has 2 rings (SSSR count). The Labute approximate surface area is 112 Å². The van der Waals surface area contributed by atoms with Crippen molar-refractivity contribution in [1.29, 1.82) is 0 Å². The van der Waals surface area contributed by atoms with Crippen LogP contribution in [0.3, 0.4) is 0 Å². The number of rotatable bonds is 4. The van der Waals surface area contributed by atoms with Gasteiger partial charge in [0.25, 0.3) is 5.91 Å². The number of carbonyl (C=O) groups excluding carboxylic acids is 3. The van der Waals surface area contributed by atoms with Gasteiger partial charge in [-0.2, -0.15) is 0 Å². The number of hydrogen-bond acceptors (Lipinski definition) is 3. The fourth-order valence-electron chi connectivity index (χ4n) is 2.78. The summed E-state index contributed by atoms with van der Waals surface area (Å²) in [6, 6.07) is -0.432. The quantitative estimate of drug-likeness (QED) is 0.738. The van der Waals surface area contributed by atoms with E-state index in [2.05, 4.69) is 10.6 Å². The van der Waals surface area contributed by atoms with Crippen LogP contribution in [0.5, 0.6) is 0 Å². The number of nitrogens with one attached hydrogen (secondary N) is 2.